The van der Waals surface area contributed by atoms with Gasteiger partial charge in [0.15, 0.2) is 0 Å². The number of para-hydroxylation sites is 1. The van der Waals surface area contributed by atoms with Crippen molar-refractivity contribution in [2.45, 2.75) is 25.4 Å². The fraction of sp³-hybridized carbons (Fsp3) is 0.320. The van der Waals surface area contributed by atoms with Crippen LogP contribution in [-0.4, -0.2) is 64.1 Å². The van der Waals surface area contributed by atoms with Gasteiger partial charge in [-0.15, -0.1) is 0 Å². The van der Waals surface area contributed by atoms with E-state index in [1.54, 1.807) is 11.1 Å². The quantitative estimate of drug-likeness (QED) is 0.625. The van der Waals surface area contributed by atoms with Crippen LogP contribution in [-0.2, 0) is 11.3 Å². The summed E-state index contributed by atoms with van der Waals surface area (Å²) in [5.74, 6) is 0.0557. The molecule has 1 aliphatic heterocycles. The molecule has 0 aliphatic carbocycles. The highest BCUT2D eigenvalue weighted by molar-refractivity contribution is 5.94. The molecule has 0 radical (unpaired) electrons. The van der Waals surface area contributed by atoms with E-state index in [2.05, 4.69) is 15.3 Å². The minimum atomic E-state index is -0.0316. The van der Waals surface area contributed by atoms with Gasteiger partial charge in [0, 0.05) is 50.0 Å². The molecule has 3 aromatic rings. The zero-order valence-electron chi connectivity index (χ0n) is 18.4. The second kappa shape index (κ2) is 10.2. The van der Waals surface area contributed by atoms with Gasteiger partial charge in [-0.25, -0.2) is 4.68 Å². The summed E-state index contributed by atoms with van der Waals surface area (Å²) in [5.41, 5.74) is 2.67. The molecule has 0 unspecified atom stereocenters. The summed E-state index contributed by atoms with van der Waals surface area (Å²) in [5, 5.41) is 7.51. The molecule has 1 saturated heterocycles. The van der Waals surface area contributed by atoms with E-state index in [-0.39, 0.29) is 17.9 Å². The number of aromatic nitrogens is 2. The average molecular weight is 432 g/mol. The first-order valence-electron chi connectivity index (χ1n) is 11.0. The molecule has 1 fully saturated rings. The zero-order valence-corrected chi connectivity index (χ0v) is 18.4. The summed E-state index contributed by atoms with van der Waals surface area (Å²) in [6, 6.07) is 19.3. The van der Waals surface area contributed by atoms with E-state index in [9.17, 15) is 9.59 Å². The number of rotatable bonds is 7. The molecule has 0 atom stereocenters. The zero-order chi connectivity index (χ0) is 22.3. The van der Waals surface area contributed by atoms with E-state index in [0.717, 1.165) is 37.2 Å². The SMILES string of the molecule is CN(Cc1cnn(-c2ccccc2)c1)C(=O)CN1CCC(NC(=O)c2ccccc2)CC1. The molecule has 7 nitrogen and oxygen atoms in total. The number of nitrogens with one attached hydrogen (secondary N) is 1. The Balaban J connectivity index is 1.22. The first-order valence-corrected chi connectivity index (χ1v) is 11.0. The van der Waals surface area contributed by atoms with Crippen molar-refractivity contribution in [2.75, 3.05) is 26.7 Å². The number of likely N-dealkylation sites (N-methyl/N-ethyl adjacent to an activating group) is 1. The highest BCUT2D eigenvalue weighted by Gasteiger charge is 2.23. The van der Waals surface area contributed by atoms with Crippen LogP contribution in [0.15, 0.2) is 73.1 Å². The van der Waals surface area contributed by atoms with E-state index in [0.29, 0.717) is 18.7 Å². The van der Waals surface area contributed by atoms with E-state index in [1.165, 1.54) is 0 Å². The van der Waals surface area contributed by atoms with Gasteiger partial charge in [0.05, 0.1) is 18.4 Å². The molecular weight excluding hydrogens is 402 g/mol. The standard InChI is InChI=1S/C25H29N5O2/c1-28(17-20-16-26-30(18-20)23-10-6-3-7-11-23)24(31)19-29-14-12-22(13-15-29)27-25(32)21-8-4-2-5-9-21/h2-11,16,18,22H,12-15,17,19H2,1H3,(H,27,32). The number of nitrogens with zero attached hydrogens (tertiary/aromatic N) is 4. The third-order valence-electron chi connectivity index (χ3n) is 5.82. The predicted octanol–water partition coefficient (Wildman–Crippen LogP) is 2.73. The number of likely N-dealkylation sites (tertiary alicyclic amines) is 1. The number of carbonyl (C=O) groups is 2. The molecule has 0 spiro atoms. The van der Waals surface area contributed by atoms with E-state index >= 15 is 0 Å². The summed E-state index contributed by atoms with van der Waals surface area (Å²) in [4.78, 5) is 29.0. The Labute approximate surface area is 188 Å². The summed E-state index contributed by atoms with van der Waals surface area (Å²) in [6.07, 6.45) is 5.45. The van der Waals surface area contributed by atoms with E-state index < -0.39 is 0 Å². The van der Waals surface area contributed by atoms with Crippen LogP contribution in [0.3, 0.4) is 0 Å². The van der Waals surface area contributed by atoms with Crippen LogP contribution >= 0.6 is 0 Å². The molecule has 32 heavy (non-hydrogen) atoms. The van der Waals surface area contributed by atoms with Crippen molar-refractivity contribution in [1.29, 1.82) is 0 Å². The number of hydrogen-bond acceptors (Lipinski definition) is 4. The second-order valence-corrected chi connectivity index (χ2v) is 8.27. The van der Waals surface area contributed by atoms with Crippen molar-refractivity contribution in [3.05, 3.63) is 84.2 Å². The summed E-state index contributed by atoms with van der Waals surface area (Å²) >= 11 is 0. The maximum Gasteiger partial charge on any atom is 0.251 e. The lowest BCUT2D eigenvalue weighted by Crippen LogP contribution is -2.47. The Hall–Kier alpha value is -3.45. The number of benzene rings is 2. The third kappa shape index (κ3) is 5.62. The van der Waals surface area contributed by atoms with Crippen LogP contribution in [0.4, 0.5) is 0 Å². The Morgan fingerprint density at radius 2 is 1.69 bits per heavy atom. The Morgan fingerprint density at radius 1 is 1.03 bits per heavy atom. The van der Waals surface area contributed by atoms with Crippen molar-refractivity contribution in [2.24, 2.45) is 0 Å². The molecule has 4 rings (SSSR count). The van der Waals surface area contributed by atoms with E-state index in [4.69, 9.17) is 0 Å². The van der Waals surface area contributed by atoms with Gasteiger partial charge in [-0.1, -0.05) is 36.4 Å². The maximum absolute atomic E-state index is 12.7. The Bertz CT molecular complexity index is 1030. The lowest BCUT2D eigenvalue weighted by molar-refractivity contribution is -0.131. The molecule has 1 aliphatic rings. The molecule has 166 valence electrons. The van der Waals surface area contributed by atoms with Crippen molar-refractivity contribution < 1.29 is 9.59 Å². The average Bonchev–Trinajstić information content (AvgIpc) is 3.30. The monoisotopic (exact) mass is 431 g/mol. The van der Waals surface area contributed by atoms with Crippen molar-refractivity contribution in [3.63, 3.8) is 0 Å². The van der Waals surface area contributed by atoms with Crippen molar-refractivity contribution in [1.82, 2.24) is 24.9 Å². The first kappa shape index (κ1) is 21.8. The molecule has 2 amide bonds. The summed E-state index contributed by atoms with van der Waals surface area (Å²) in [7, 11) is 1.83. The van der Waals surface area contributed by atoms with Gasteiger partial charge in [0.25, 0.3) is 5.91 Å². The minimum Gasteiger partial charge on any atom is -0.349 e. The van der Waals surface area contributed by atoms with Gasteiger partial charge in [-0.3, -0.25) is 14.5 Å². The van der Waals surface area contributed by atoms with Crippen LogP contribution in [0.5, 0.6) is 0 Å². The molecule has 0 bridgehead atoms. The molecular formula is C25H29N5O2. The number of amides is 2. The van der Waals surface area contributed by atoms with Crippen LogP contribution < -0.4 is 5.32 Å². The largest absolute Gasteiger partial charge is 0.349 e. The Kier molecular flexibility index (Phi) is 6.97. The van der Waals surface area contributed by atoms with Crippen molar-refractivity contribution >= 4 is 11.8 Å². The van der Waals surface area contributed by atoms with Gasteiger partial charge in [-0.2, -0.15) is 5.10 Å². The number of hydrogen-bond donors (Lipinski definition) is 1. The highest BCUT2D eigenvalue weighted by atomic mass is 16.2. The smallest absolute Gasteiger partial charge is 0.251 e. The Morgan fingerprint density at radius 3 is 2.38 bits per heavy atom. The third-order valence-corrected chi connectivity index (χ3v) is 5.82. The van der Waals surface area contributed by atoms with Crippen LogP contribution in [0.2, 0.25) is 0 Å². The summed E-state index contributed by atoms with van der Waals surface area (Å²) < 4.78 is 1.82. The number of carbonyl (C=O) groups excluding carboxylic acids is 2. The normalized spacial score (nSPS) is 14.8. The first-order chi connectivity index (χ1) is 15.6. The molecule has 1 aromatic heterocycles. The summed E-state index contributed by atoms with van der Waals surface area (Å²) in [6.45, 7) is 2.51. The number of piperidine rings is 1. The van der Waals surface area contributed by atoms with Gasteiger partial charge >= 0.3 is 0 Å². The lowest BCUT2D eigenvalue weighted by Gasteiger charge is -2.32. The van der Waals surface area contributed by atoms with Crippen LogP contribution in [0.1, 0.15) is 28.8 Å². The molecule has 2 heterocycles. The fourth-order valence-electron chi connectivity index (χ4n) is 3.93. The van der Waals surface area contributed by atoms with Gasteiger partial charge in [0.2, 0.25) is 5.91 Å². The van der Waals surface area contributed by atoms with E-state index in [1.807, 2.05) is 78.6 Å². The van der Waals surface area contributed by atoms with Gasteiger partial charge < -0.3 is 10.2 Å². The second-order valence-electron chi connectivity index (χ2n) is 8.27. The van der Waals surface area contributed by atoms with Crippen molar-refractivity contribution in [3.8, 4) is 5.69 Å². The van der Waals surface area contributed by atoms with Crippen LogP contribution in [0, 0.1) is 0 Å². The molecule has 7 heteroatoms. The fourth-order valence-corrected chi connectivity index (χ4v) is 3.93. The molecule has 0 saturated carbocycles. The maximum atomic E-state index is 12.7. The van der Waals surface area contributed by atoms with Crippen LogP contribution in [0.25, 0.3) is 5.69 Å². The minimum absolute atomic E-state index is 0.0316. The highest BCUT2D eigenvalue weighted by Crippen LogP contribution is 2.13. The lowest BCUT2D eigenvalue weighted by atomic mass is 10.0. The molecule has 2 aromatic carbocycles. The molecule has 1 N–H and O–H groups in total. The van der Waals surface area contributed by atoms with Gasteiger partial charge in [-0.05, 0) is 37.1 Å². The predicted molar refractivity (Wildman–Crippen MR) is 123 cm³/mol. The van der Waals surface area contributed by atoms with Gasteiger partial charge in [0.1, 0.15) is 0 Å². The topological polar surface area (TPSA) is 70.5 Å².